The van der Waals surface area contributed by atoms with Crippen LogP contribution in [0.25, 0.3) is 6.08 Å². The molecule has 2 aromatic rings. The molecule has 1 N–H and O–H groups in total. The van der Waals surface area contributed by atoms with Crippen LogP contribution in [-0.4, -0.2) is 26.2 Å². The summed E-state index contributed by atoms with van der Waals surface area (Å²) < 4.78 is 2.12. The summed E-state index contributed by atoms with van der Waals surface area (Å²) >= 11 is 13.1. The lowest BCUT2D eigenvalue weighted by molar-refractivity contribution is -0.122. The SMILES string of the molecule is CCCCn1c(NCc2ccccc2Cl)c(/C=C2/SC(=S)N(CC(C)C)C2=O)c(C)c(C#N)c1=O. The number of unbranched alkanes of at least 4 members (excludes halogenated alkanes) is 1. The smallest absolute Gasteiger partial charge is 0.270 e. The third kappa shape index (κ3) is 5.97. The van der Waals surface area contributed by atoms with Crippen LogP contribution in [0.4, 0.5) is 5.82 Å². The van der Waals surface area contributed by atoms with Crippen LogP contribution in [0.1, 0.15) is 55.9 Å². The van der Waals surface area contributed by atoms with Gasteiger partial charge in [0.1, 0.15) is 21.8 Å². The second-order valence-corrected chi connectivity index (χ2v) is 10.9. The first kappa shape index (κ1) is 27.0. The van der Waals surface area contributed by atoms with E-state index in [1.807, 2.05) is 45.0 Å². The van der Waals surface area contributed by atoms with Crippen molar-refractivity contribution in [3.05, 3.63) is 66.8 Å². The van der Waals surface area contributed by atoms with Gasteiger partial charge in [-0.2, -0.15) is 5.26 Å². The summed E-state index contributed by atoms with van der Waals surface area (Å²) in [5.74, 6) is 0.677. The number of nitrogens with zero attached hydrogens (tertiary/aromatic N) is 3. The topological polar surface area (TPSA) is 78.1 Å². The zero-order valence-corrected chi connectivity index (χ0v) is 22.7. The van der Waals surface area contributed by atoms with Gasteiger partial charge in [0.05, 0.1) is 4.91 Å². The number of benzene rings is 1. The van der Waals surface area contributed by atoms with Gasteiger partial charge in [0.2, 0.25) is 0 Å². The number of thioether (sulfide) groups is 1. The second kappa shape index (κ2) is 11.9. The lowest BCUT2D eigenvalue weighted by Gasteiger charge is -2.20. The zero-order chi connectivity index (χ0) is 25.7. The highest BCUT2D eigenvalue weighted by molar-refractivity contribution is 8.26. The van der Waals surface area contributed by atoms with E-state index in [-0.39, 0.29) is 22.9 Å². The van der Waals surface area contributed by atoms with Crippen molar-refractivity contribution in [3.63, 3.8) is 0 Å². The summed E-state index contributed by atoms with van der Waals surface area (Å²) in [6, 6.07) is 9.56. The minimum atomic E-state index is -0.343. The molecular formula is C26H29ClN4O2S2. The third-order valence-electron chi connectivity index (χ3n) is 5.71. The molecule has 0 aliphatic carbocycles. The molecule has 0 atom stereocenters. The Morgan fingerprint density at radius 1 is 1.29 bits per heavy atom. The third-order valence-corrected chi connectivity index (χ3v) is 7.46. The molecule has 184 valence electrons. The van der Waals surface area contributed by atoms with Crippen LogP contribution in [0.5, 0.6) is 0 Å². The number of carbonyl (C=O) groups is 1. The number of nitrogens with one attached hydrogen (secondary N) is 1. The Morgan fingerprint density at radius 2 is 2.00 bits per heavy atom. The van der Waals surface area contributed by atoms with Crippen molar-refractivity contribution >= 4 is 57.7 Å². The maximum Gasteiger partial charge on any atom is 0.270 e. The standard InChI is InChI=1S/C26H29ClN4O2S2/c1-5-6-11-30-23(29-14-18-9-7-8-10-21(18)27)19(17(4)20(13-28)24(30)32)12-22-25(33)31(15-16(2)3)26(34)35-22/h7-10,12,16,29H,5-6,11,14-15H2,1-4H3/b22-12+. The number of anilines is 1. The highest BCUT2D eigenvalue weighted by Gasteiger charge is 2.33. The van der Waals surface area contributed by atoms with Gasteiger partial charge >= 0.3 is 0 Å². The minimum absolute atomic E-state index is 0.0771. The molecule has 35 heavy (non-hydrogen) atoms. The largest absolute Gasteiger partial charge is 0.367 e. The Balaban J connectivity index is 2.16. The summed E-state index contributed by atoms with van der Waals surface area (Å²) in [4.78, 5) is 28.5. The molecule has 0 unspecified atom stereocenters. The first-order valence-corrected chi connectivity index (χ1v) is 13.2. The fraction of sp³-hybridized carbons (Fsp3) is 0.385. The Kier molecular flexibility index (Phi) is 9.17. The molecule has 1 amide bonds. The van der Waals surface area contributed by atoms with Crippen molar-refractivity contribution < 1.29 is 4.79 Å². The predicted molar refractivity (Wildman–Crippen MR) is 149 cm³/mol. The molecule has 1 aliphatic heterocycles. The first-order chi connectivity index (χ1) is 16.7. The first-order valence-electron chi connectivity index (χ1n) is 11.6. The van der Waals surface area contributed by atoms with Crippen molar-refractivity contribution in [1.82, 2.24) is 9.47 Å². The summed E-state index contributed by atoms with van der Waals surface area (Å²) in [6.07, 6.45) is 3.41. The molecule has 6 nitrogen and oxygen atoms in total. The Bertz CT molecular complexity index is 1280. The van der Waals surface area contributed by atoms with E-state index in [1.54, 1.807) is 22.5 Å². The monoisotopic (exact) mass is 528 g/mol. The van der Waals surface area contributed by atoms with E-state index in [0.717, 1.165) is 18.4 Å². The van der Waals surface area contributed by atoms with Gasteiger partial charge in [0.25, 0.3) is 11.5 Å². The van der Waals surface area contributed by atoms with Crippen LogP contribution in [0.2, 0.25) is 5.02 Å². The van der Waals surface area contributed by atoms with E-state index in [0.29, 0.717) is 50.8 Å². The van der Waals surface area contributed by atoms with E-state index >= 15 is 0 Å². The molecule has 0 bridgehead atoms. The van der Waals surface area contributed by atoms with Crippen molar-refractivity contribution in [1.29, 1.82) is 5.26 Å². The molecule has 3 rings (SSSR count). The average molecular weight is 529 g/mol. The van der Waals surface area contributed by atoms with Crippen molar-refractivity contribution in [3.8, 4) is 6.07 Å². The molecule has 1 aromatic heterocycles. The molecule has 1 saturated heterocycles. The summed E-state index contributed by atoms with van der Waals surface area (Å²) in [5.41, 5.74) is 1.77. The maximum atomic E-state index is 13.3. The van der Waals surface area contributed by atoms with Crippen molar-refractivity contribution in [2.45, 2.75) is 53.6 Å². The van der Waals surface area contributed by atoms with Crippen LogP contribution in [0.3, 0.4) is 0 Å². The van der Waals surface area contributed by atoms with Crippen LogP contribution < -0.4 is 10.9 Å². The normalized spacial score (nSPS) is 14.8. The summed E-state index contributed by atoms with van der Waals surface area (Å²) in [7, 11) is 0. The molecule has 1 aliphatic rings. The van der Waals surface area contributed by atoms with Gasteiger partial charge in [-0.05, 0) is 42.5 Å². The Labute approximate surface area is 221 Å². The lowest BCUT2D eigenvalue weighted by Crippen LogP contribution is -2.31. The van der Waals surface area contributed by atoms with Crippen LogP contribution in [0.15, 0.2) is 34.0 Å². The highest BCUT2D eigenvalue weighted by atomic mass is 35.5. The number of hydrogen-bond donors (Lipinski definition) is 1. The van der Waals surface area contributed by atoms with E-state index in [9.17, 15) is 14.9 Å². The number of carbonyl (C=O) groups excluding carboxylic acids is 1. The molecule has 0 spiro atoms. The van der Waals surface area contributed by atoms with Crippen LogP contribution >= 0.6 is 35.6 Å². The van der Waals surface area contributed by atoms with Gasteiger partial charge in [0.15, 0.2) is 0 Å². The van der Waals surface area contributed by atoms with Gasteiger partial charge < -0.3 is 5.32 Å². The number of hydrogen-bond acceptors (Lipinski definition) is 6. The summed E-state index contributed by atoms with van der Waals surface area (Å²) in [6.45, 7) is 9.22. The van der Waals surface area contributed by atoms with Crippen LogP contribution in [-0.2, 0) is 17.9 Å². The number of halogens is 1. The molecule has 1 aromatic carbocycles. The number of nitriles is 1. The fourth-order valence-electron chi connectivity index (χ4n) is 3.86. The molecule has 1 fully saturated rings. The number of pyridine rings is 1. The zero-order valence-electron chi connectivity index (χ0n) is 20.4. The van der Waals surface area contributed by atoms with Gasteiger partial charge in [-0.25, -0.2) is 0 Å². The maximum absolute atomic E-state index is 13.3. The van der Waals surface area contributed by atoms with E-state index in [4.69, 9.17) is 23.8 Å². The second-order valence-electron chi connectivity index (χ2n) is 8.82. The van der Waals surface area contributed by atoms with E-state index in [2.05, 4.69) is 11.4 Å². The minimum Gasteiger partial charge on any atom is -0.367 e. The molecule has 2 heterocycles. The van der Waals surface area contributed by atoms with Crippen molar-refractivity contribution in [2.75, 3.05) is 11.9 Å². The van der Waals surface area contributed by atoms with E-state index < -0.39 is 0 Å². The summed E-state index contributed by atoms with van der Waals surface area (Å²) in [5, 5.41) is 13.8. The lowest BCUT2D eigenvalue weighted by atomic mass is 10.0. The van der Waals surface area contributed by atoms with Crippen LogP contribution in [0, 0.1) is 24.2 Å². The number of amides is 1. The molecular weight excluding hydrogens is 500 g/mol. The quantitative estimate of drug-likeness (QED) is 0.320. The highest BCUT2D eigenvalue weighted by Crippen LogP contribution is 2.35. The average Bonchev–Trinajstić information content (AvgIpc) is 3.07. The number of rotatable bonds is 9. The van der Waals surface area contributed by atoms with Gasteiger partial charge in [-0.3, -0.25) is 19.1 Å². The number of thiocarbonyl (C=S) groups is 1. The molecule has 0 saturated carbocycles. The van der Waals surface area contributed by atoms with Gasteiger partial charge in [-0.1, -0.05) is 81.0 Å². The molecule has 9 heteroatoms. The Morgan fingerprint density at radius 3 is 2.63 bits per heavy atom. The molecule has 0 radical (unpaired) electrons. The Hall–Kier alpha value is -2.60. The van der Waals surface area contributed by atoms with Crippen molar-refractivity contribution in [2.24, 2.45) is 5.92 Å². The predicted octanol–water partition coefficient (Wildman–Crippen LogP) is 5.95. The number of aromatic nitrogens is 1. The van der Waals surface area contributed by atoms with E-state index in [1.165, 1.54) is 11.8 Å². The fourth-order valence-corrected chi connectivity index (χ4v) is 5.32. The van der Waals surface area contributed by atoms with Gasteiger partial charge in [0, 0.05) is 30.2 Å². The van der Waals surface area contributed by atoms with Gasteiger partial charge in [-0.15, -0.1) is 0 Å².